The highest BCUT2D eigenvalue weighted by molar-refractivity contribution is 5.82. The summed E-state index contributed by atoms with van der Waals surface area (Å²) in [4.78, 5) is 16.5. The molecule has 2 aromatic rings. The van der Waals surface area contributed by atoms with Crippen molar-refractivity contribution in [2.24, 2.45) is 5.92 Å². The molecule has 3 heterocycles. The average molecular weight is 315 g/mol. The summed E-state index contributed by atoms with van der Waals surface area (Å²) in [6.45, 7) is 6.70. The number of ether oxygens (including phenoxy) is 1. The summed E-state index contributed by atoms with van der Waals surface area (Å²) in [6, 6.07) is 4.08. The lowest BCUT2D eigenvalue weighted by Crippen LogP contribution is -2.35. The molecule has 0 unspecified atom stereocenters. The fourth-order valence-electron chi connectivity index (χ4n) is 3.15. The van der Waals surface area contributed by atoms with Crippen molar-refractivity contribution in [3.8, 4) is 0 Å². The predicted octanol–water partition coefficient (Wildman–Crippen LogP) is 2.53. The van der Waals surface area contributed by atoms with Gasteiger partial charge in [0.15, 0.2) is 0 Å². The smallest absolute Gasteiger partial charge is 0.249 e. The zero-order valence-electron chi connectivity index (χ0n) is 13.9. The Hall–Kier alpha value is -1.88. The molecule has 1 amide bonds. The number of amides is 1. The predicted molar refractivity (Wildman–Crippen MR) is 90.3 cm³/mol. The zero-order chi connectivity index (χ0) is 16.2. The van der Waals surface area contributed by atoms with Gasteiger partial charge >= 0.3 is 0 Å². The minimum absolute atomic E-state index is 0.0199. The number of nitrogens with one attached hydrogen (secondary N) is 1. The maximum absolute atomic E-state index is 12.0. The van der Waals surface area contributed by atoms with Gasteiger partial charge in [-0.05, 0) is 42.9 Å². The number of carbonyl (C=O) groups is 1. The van der Waals surface area contributed by atoms with E-state index < -0.39 is 0 Å². The molecule has 23 heavy (non-hydrogen) atoms. The van der Waals surface area contributed by atoms with Gasteiger partial charge in [-0.25, -0.2) is 4.98 Å². The second-order valence-corrected chi connectivity index (χ2v) is 6.62. The first-order valence-electron chi connectivity index (χ1n) is 8.47. The number of fused-ring (bicyclic) bond motifs is 1. The molecule has 2 aromatic heterocycles. The van der Waals surface area contributed by atoms with Crippen LogP contribution in [0.2, 0.25) is 0 Å². The lowest BCUT2D eigenvalue weighted by atomic mass is 10.1. The van der Waals surface area contributed by atoms with E-state index >= 15 is 0 Å². The molecule has 0 saturated carbocycles. The van der Waals surface area contributed by atoms with Crippen molar-refractivity contribution in [1.29, 1.82) is 0 Å². The summed E-state index contributed by atoms with van der Waals surface area (Å²) >= 11 is 0. The van der Waals surface area contributed by atoms with E-state index in [4.69, 9.17) is 4.74 Å². The number of aromatic nitrogens is 2. The Bertz CT molecular complexity index is 672. The zero-order valence-corrected chi connectivity index (χ0v) is 13.9. The first kappa shape index (κ1) is 16.0. The Morgan fingerprint density at radius 2 is 2.39 bits per heavy atom. The quantitative estimate of drug-likeness (QED) is 0.891. The number of rotatable bonds is 6. The largest absolute Gasteiger partial charge is 0.368 e. The monoisotopic (exact) mass is 315 g/mol. The molecule has 0 spiro atoms. The topological polar surface area (TPSA) is 56.2 Å². The Labute approximate surface area is 137 Å². The highest BCUT2D eigenvalue weighted by Crippen LogP contribution is 2.21. The van der Waals surface area contributed by atoms with Crippen LogP contribution in [0.5, 0.6) is 0 Å². The van der Waals surface area contributed by atoms with Crippen LogP contribution in [0.15, 0.2) is 24.5 Å². The number of hydrogen-bond acceptors (Lipinski definition) is 3. The molecule has 124 valence electrons. The SMILES string of the molecule is CC(C)Cn1cc(CCNC(=O)[C@@H]2CCCO2)c2cccnc21. The summed E-state index contributed by atoms with van der Waals surface area (Å²) in [5.41, 5.74) is 2.27. The molecule has 1 aliphatic heterocycles. The Balaban J connectivity index is 1.66. The van der Waals surface area contributed by atoms with Gasteiger partial charge in [0.1, 0.15) is 11.8 Å². The van der Waals surface area contributed by atoms with Crippen LogP contribution in [0.4, 0.5) is 0 Å². The molecule has 0 radical (unpaired) electrons. The molecule has 3 rings (SSSR count). The lowest BCUT2D eigenvalue weighted by molar-refractivity contribution is -0.129. The third-order valence-corrected chi connectivity index (χ3v) is 4.19. The van der Waals surface area contributed by atoms with Crippen molar-refractivity contribution in [2.75, 3.05) is 13.2 Å². The third kappa shape index (κ3) is 3.72. The van der Waals surface area contributed by atoms with Crippen LogP contribution >= 0.6 is 0 Å². The normalized spacial score (nSPS) is 18.0. The van der Waals surface area contributed by atoms with Gasteiger partial charge in [0, 0.05) is 37.5 Å². The summed E-state index contributed by atoms with van der Waals surface area (Å²) in [5.74, 6) is 0.589. The van der Waals surface area contributed by atoms with Crippen LogP contribution < -0.4 is 5.32 Å². The molecule has 5 heteroatoms. The minimum Gasteiger partial charge on any atom is -0.368 e. The van der Waals surface area contributed by atoms with Gasteiger partial charge in [-0.2, -0.15) is 0 Å². The molecule has 1 aliphatic rings. The van der Waals surface area contributed by atoms with Crippen molar-refractivity contribution in [3.05, 3.63) is 30.1 Å². The van der Waals surface area contributed by atoms with Gasteiger partial charge in [0.2, 0.25) is 5.91 Å². The fraction of sp³-hybridized carbons (Fsp3) is 0.556. The first-order chi connectivity index (χ1) is 11.1. The molecule has 1 atom stereocenters. The minimum atomic E-state index is -0.251. The number of hydrogen-bond donors (Lipinski definition) is 1. The maximum Gasteiger partial charge on any atom is 0.249 e. The fourth-order valence-corrected chi connectivity index (χ4v) is 3.15. The van der Waals surface area contributed by atoms with Gasteiger partial charge in [0.25, 0.3) is 0 Å². The van der Waals surface area contributed by atoms with Gasteiger partial charge in [-0.15, -0.1) is 0 Å². The summed E-state index contributed by atoms with van der Waals surface area (Å²) in [5, 5.41) is 4.17. The van der Waals surface area contributed by atoms with Crippen molar-refractivity contribution in [3.63, 3.8) is 0 Å². The van der Waals surface area contributed by atoms with Crippen LogP contribution in [0, 0.1) is 5.92 Å². The van der Waals surface area contributed by atoms with Crippen LogP contribution in [0.1, 0.15) is 32.3 Å². The lowest BCUT2D eigenvalue weighted by Gasteiger charge is -2.09. The van der Waals surface area contributed by atoms with Crippen LogP contribution in [0.3, 0.4) is 0 Å². The number of nitrogens with zero attached hydrogens (tertiary/aromatic N) is 2. The highest BCUT2D eigenvalue weighted by Gasteiger charge is 2.23. The molecule has 1 saturated heterocycles. The van der Waals surface area contributed by atoms with Gasteiger partial charge in [-0.1, -0.05) is 13.8 Å². The average Bonchev–Trinajstić information content (AvgIpc) is 3.16. The van der Waals surface area contributed by atoms with Gasteiger partial charge in [0.05, 0.1) is 0 Å². The molecule has 0 bridgehead atoms. The molecule has 1 N–H and O–H groups in total. The van der Waals surface area contributed by atoms with E-state index in [1.165, 1.54) is 10.9 Å². The number of pyridine rings is 1. The molecule has 1 fully saturated rings. The van der Waals surface area contributed by atoms with E-state index in [0.29, 0.717) is 19.1 Å². The van der Waals surface area contributed by atoms with E-state index in [0.717, 1.165) is 31.5 Å². The van der Waals surface area contributed by atoms with Gasteiger partial charge in [-0.3, -0.25) is 4.79 Å². The van der Waals surface area contributed by atoms with Crippen LogP contribution in [-0.2, 0) is 22.5 Å². The second-order valence-electron chi connectivity index (χ2n) is 6.62. The van der Waals surface area contributed by atoms with Crippen molar-refractivity contribution >= 4 is 16.9 Å². The standard InChI is InChI=1S/C18H25N3O2/c1-13(2)11-21-12-14(15-5-3-8-19-17(15)21)7-9-20-18(22)16-6-4-10-23-16/h3,5,8,12-13,16H,4,6-7,9-11H2,1-2H3,(H,20,22)/t16-/m0/s1. The molecule has 0 aliphatic carbocycles. The summed E-state index contributed by atoms with van der Waals surface area (Å²) in [6.07, 6.45) is 6.39. The van der Waals surface area contributed by atoms with E-state index in [1.807, 2.05) is 12.3 Å². The van der Waals surface area contributed by atoms with E-state index in [2.05, 4.69) is 41.0 Å². The molecular weight excluding hydrogens is 290 g/mol. The van der Waals surface area contributed by atoms with Crippen LogP contribution in [-0.4, -0.2) is 34.7 Å². The summed E-state index contributed by atoms with van der Waals surface area (Å²) in [7, 11) is 0. The highest BCUT2D eigenvalue weighted by atomic mass is 16.5. The van der Waals surface area contributed by atoms with Gasteiger partial charge < -0.3 is 14.6 Å². The Morgan fingerprint density at radius 3 is 3.13 bits per heavy atom. The van der Waals surface area contributed by atoms with Crippen LogP contribution in [0.25, 0.3) is 11.0 Å². The second kappa shape index (κ2) is 7.13. The van der Waals surface area contributed by atoms with E-state index in [9.17, 15) is 4.79 Å². The van der Waals surface area contributed by atoms with E-state index in [1.54, 1.807) is 0 Å². The van der Waals surface area contributed by atoms with Crippen molar-refractivity contribution in [2.45, 2.75) is 45.8 Å². The number of carbonyl (C=O) groups excluding carboxylic acids is 1. The molecule has 5 nitrogen and oxygen atoms in total. The molecular formula is C18H25N3O2. The maximum atomic E-state index is 12.0. The summed E-state index contributed by atoms with van der Waals surface area (Å²) < 4.78 is 7.63. The van der Waals surface area contributed by atoms with Crippen molar-refractivity contribution in [1.82, 2.24) is 14.9 Å². The van der Waals surface area contributed by atoms with E-state index in [-0.39, 0.29) is 12.0 Å². The first-order valence-corrected chi connectivity index (χ1v) is 8.47. The third-order valence-electron chi connectivity index (χ3n) is 4.19. The Kier molecular flexibility index (Phi) is 4.96. The van der Waals surface area contributed by atoms with Crippen molar-refractivity contribution < 1.29 is 9.53 Å². The Morgan fingerprint density at radius 1 is 1.52 bits per heavy atom. The molecule has 0 aromatic carbocycles.